The summed E-state index contributed by atoms with van der Waals surface area (Å²) in [5.41, 5.74) is -1.07. The number of nitrogens with one attached hydrogen (secondary N) is 1. The van der Waals surface area contributed by atoms with E-state index in [2.05, 4.69) is 0 Å². The van der Waals surface area contributed by atoms with Gasteiger partial charge in [0.25, 0.3) is 0 Å². The Labute approximate surface area is 120 Å². The molecule has 5 nitrogen and oxygen atoms in total. The van der Waals surface area contributed by atoms with Gasteiger partial charge in [0.2, 0.25) is 15.9 Å². The number of likely N-dealkylation sites (N-methyl/N-ethyl adjacent to an activating group) is 1. The minimum absolute atomic E-state index is 0.509. The van der Waals surface area contributed by atoms with Crippen molar-refractivity contribution in [2.75, 3.05) is 14.1 Å². The van der Waals surface area contributed by atoms with Gasteiger partial charge in [-0.3, -0.25) is 4.79 Å². The molecule has 0 bridgehead atoms. The molecule has 1 N–H and O–H groups in total. The van der Waals surface area contributed by atoms with Crippen LogP contribution in [0.5, 0.6) is 0 Å². The molecule has 118 valence electrons. The van der Waals surface area contributed by atoms with Crippen LogP contribution in [-0.4, -0.2) is 39.4 Å². The van der Waals surface area contributed by atoms with Crippen LogP contribution in [0.4, 0.5) is 13.2 Å². The van der Waals surface area contributed by atoms with Crippen LogP contribution >= 0.6 is 0 Å². The number of hydrogen-bond donors (Lipinski definition) is 1. The van der Waals surface area contributed by atoms with E-state index < -0.39 is 38.6 Å². The van der Waals surface area contributed by atoms with E-state index in [1.54, 1.807) is 0 Å². The number of sulfonamides is 1. The predicted molar refractivity (Wildman–Crippen MR) is 69.9 cm³/mol. The third-order valence-corrected chi connectivity index (χ3v) is 4.15. The maximum absolute atomic E-state index is 12.6. The smallest absolute Gasteiger partial charge is 0.347 e. The SMILES string of the molecule is C[C@H](NS(=O)(=O)c1cccc(C(F)(F)F)c1)C(=O)N(C)C. The van der Waals surface area contributed by atoms with Gasteiger partial charge in [0, 0.05) is 14.1 Å². The lowest BCUT2D eigenvalue weighted by Gasteiger charge is -2.18. The lowest BCUT2D eigenvalue weighted by atomic mass is 10.2. The van der Waals surface area contributed by atoms with Gasteiger partial charge in [0.15, 0.2) is 0 Å². The molecule has 0 fully saturated rings. The first-order valence-electron chi connectivity index (χ1n) is 5.86. The molecule has 0 aliphatic carbocycles. The summed E-state index contributed by atoms with van der Waals surface area (Å²) < 4.78 is 63.8. The highest BCUT2D eigenvalue weighted by Gasteiger charge is 2.32. The predicted octanol–water partition coefficient (Wildman–Crippen LogP) is 1.46. The standard InChI is InChI=1S/C12H15F3N2O3S/c1-8(11(18)17(2)3)16-21(19,20)10-6-4-5-9(7-10)12(13,14)15/h4-8,16H,1-3H3/t8-/m0/s1. The third kappa shape index (κ3) is 4.43. The number of carbonyl (C=O) groups is 1. The van der Waals surface area contributed by atoms with E-state index in [1.165, 1.54) is 25.9 Å². The lowest BCUT2D eigenvalue weighted by Crippen LogP contribution is -2.44. The molecule has 0 spiro atoms. The molecule has 0 aromatic heterocycles. The first-order valence-corrected chi connectivity index (χ1v) is 7.34. The Balaban J connectivity index is 3.07. The zero-order valence-electron chi connectivity index (χ0n) is 11.6. The van der Waals surface area contributed by atoms with E-state index in [4.69, 9.17) is 0 Å². The molecule has 21 heavy (non-hydrogen) atoms. The van der Waals surface area contributed by atoms with Crippen LogP contribution < -0.4 is 4.72 Å². The quantitative estimate of drug-likeness (QED) is 0.912. The van der Waals surface area contributed by atoms with Crippen molar-refractivity contribution in [3.8, 4) is 0 Å². The van der Waals surface area contributed by atoms with Gasteiger partial charge in [-0.2, -0.15) is 17.9 Å². The Kier molecular flexibility index (Phi) is 5.00. The first kappa shape index (κ1) is 17.4. The van der Waals surface area contributed by atoms with Gasteiger partial charge in [-0.15, -0.1) is 0 Å². The topological polar surface area (TPSA) is 66.5 Å². The Morgan fingerprint density at radius 2 is 1.86 bits per heavy atom. The fraction of sp³-hybridized carbons (Fsp3) is 0.417. The summed E-state index contributed by atoms with van der Waals surface area (Å²) in [4.78, 5) is 12.2. The lowest BCUT2D eigenvalue weighted by molar-refractivity contribution is -0.137. The second-order valence-corrected chi connectivity index (χ2v) is 6.32. The Morgan fingerprint density at radius 1 is 1.29 bits per heavy atom. The zero-order valence-corrected chi connectivity index (χ0v) is 12.4. The van der Waals surface area contributed by atoms with Crippen LogP contribution in [0.2, 0.25) is 0 Å². The van der Waals surface area contributed by atoms with Gasteiger partial charge >= 0.3 is 6.18 Å². The monoisotopic (exact) mass is 324 g/mol. The van der Waals surface area contributed by atoms with Gasteiger partial charge in [-0.1, -0.05) is 6.07 Å². The molecule has 1 amide bonds. The van der Waals surface area contributed by atoms with E-state index in [0.29, 0.717) is 6.07 Å². The molecule has 0 radical (unpaired) electrons. The molecule has 1 aromatic rings. The maximum atomic E-state index is 12.6. The highest BCUT2D eigenvalue weighted by molar-refractivity contribution is 7.89. The van der Waals surface area contributed by atoms with Gasteiger partial charge in [-0.05, 0) is 25.1 Å². The normalized spacial score (nSPS) is 13.8. The second kappa shape index (κ2) is 6.02. The summed E-state index contributed by atoms with van der Waals surface area (Å²) in [6.45, 7) is 1.31. The van der Waals surface area contributed by atoms with Gasteiger partial charge in [0.1, 0.15) is 0 Å². The minimum atomic E-state index is -4.64. The third-order valence-electron chi connectivity index (χ3n) is 2.61. The van der Waals surface area contributed by atoms with Crippen LogP contribution in [-0.2, 0) is 21.0 Å². The summed E-state index contributed by atoms with van der Waals surface area (Å²) in [6, 6.07) is 2.24. The van der Waals surface area contributed by atoms with E-state index >= 15 is 0 Å². The average Bonchev–Trinajstić information content (AvgIpc) is 2.36. The van der Waals surface area contributed by atoms with Crippen molar-refractivity contribution in [2.24, 2.45) is 0 Å². The molecule has 9 heteroatoms. The van der Waals surface area contributed by atoms with Crippen molar-refractivity contribution in [2.45, 2.75) is 24.0 Å². The number of nitrogens with zero attached hydrogens (tertiary/aromatic N) is 1. The van der Waals surface area contributed by atoms with Crippen LogP contribution in [0.15, 0.2) is 29.2 Å². The number of rotatable bonds is 4. The number of alkyl halides is 3. The fourth-order valence-electron chi connectivity index (χ4n) is 1.58. The fourth-order valence-corrected chi connectivity index (χ4v) is 2.82. The van der Waals surface area contributed by atoms with Crippen LogP contribution in [0.3, 0.4) is 0 Å². The number of halogens is 3. The van der Waals surface area contributed by atoms with E-state index in [1.807, 2.05) is 4.72 Å². The largest absolute Gasteiger partial charge is 0.416 e. The first-order chi connectivity index (χ1) is 9.45. The van der Waals surface area contributed by atoms with Crippen LogP contribution in [0.25, 0.3) is 0 Å². The highest BCUT2D eigenvalue weighted by atomic mass is 32.2. The summed E-state index contributed by atoms with van der Waals surface area (Å²) in [6.07, 6.45) is -4.64. The van der Waals surface area contributed by atoms with Crippen molar-refractivity contribution < 1.29 is 26.4 Å². The van der Waals surface area contributed by atoms with E-state index in [-0.39, 0.29) is 0 Å². The number of carbonyl (C=O) groups excluding carboxylic acids is 1. The second-order valence-electron chi connectivity index (χ2n) is 4.60. The molecule has 1 atom stereocenters. The Morgan fingerprint density at radius 3 is 2.33 bits per heavy atom. The summed E-state index contributed by atoms with van der Waals surface area (Å²) in [5.74, 6) is -0.509. The van der Waals surface area contributed by atoms with Crippen LogP contribution in [0.1, 0.15) is 12.5 Å². The molecule has 0 saturated heterocycles. The van der Waals surface area contributed by atoms with Gasteiger partial charge in [-0.25, -0.2) is 8.42 Å². The number of amides is 1. The van der Waals surface area contributed by atoms with Crippen molar-refractivity contribution in [1.29, 1.82) is 0 Å². The van der Waals surface area contributed by atoms with Crippen LogP contribution in [0, 0.1) is 0 Å². The van der Waals surface area contributed by atoms with Gasteiger partial charge < -0.3 is 4.90 Å². The van der Waals surface area contributed by atoms with E-state index in [0.717, 1.165) is 18.2 Å². The summed E-state index contributed by atoms with van der Waals surface area (Å²) in [5, 5.41) is 0. The number of hydrogen-bond acceptors (Lipinski definition) is 3. The summed E-state index contributed by atoms with van der Waals surface area (Å²) in [7, 11) is -1.33. The minimum Gasteiger partial charge on any atom is -0.347 e. The highest BCUT2D eigenvalue weighted by Crippen LogP contribution is 2.30. The maximum Gasteiger partial charge on any atom is 0.416 e. The number of benzene rings is 1. The molecule has 0 aliphatic heterocycles. The molecule has 1 aromatic carbocycles. The molecular formula is C12H15F3N2O3S. The molecule has 1 rings (SSSR count). The van der Waals surface area contributed by atoms with E-state index in [9.17, 15) is 26.4 Å². The molecule has 0 saturated carbocycles. The molecule has 0 aliphatic rings. The van der Waals surface area contributed by atoms with Crippen molar-refractivity contribution in [3.63, 3.8) is 0 Å². The Hall–Kier alpha value is -1.61. The molecule has 0 unspecified atom stereocenters. The summed E-state index contributed by atoms with van der Waals surface area (Å²) >= 11 is 0. The van der Waals surface area contributed by atoms with Crippen molar-refractivity contribution in [3.05, 3.63) is 29.8 Å². The Bertz CT molecular complexity index is 627. The zero-order chi connectivity index (χ0) is 16.4. The van der Waals surface area contributed by atoms with Crippen molar-refractivity contribution in [1.82, 2.24) is 9.62 Å². The molecule has 0 heterocycles. The average molecular weight is 324 g/mol. The van der Waals surface area contributed by atoms with Gasteiger partial charge in [0.05, 0.1) is 16.5 Å². The van der Waals surface area contributed by atoms with Crippen molar-refractivity contribution >= 4 is 15.9 Å². The molecular weight excluding hydrogens is 309 g/mol.